The minimum absolute atomic E-state index is 0.0124. The molecule has 1 aromatic rings. The molecule has 14 heavy (non-hydrogen) atoms. The highest BCUT2D eigenvalue weighted by atomic mass is 127. The van der Waals surface area contributed by atoms with Crippen LogP contribution in [-0.2, 0) is 0 Å². The Bertz CT molecular complexity index is 326. The van der Waals surface area contributed by atoms with E-state index in [0.717, 1.165) is 8.45 Å². The number of halogens is 2. The monoisotopic (exact) mass is 343 g/mol. The van der Waals surface area contributed by atoms with Crippen molar-refractivity contribution in [2.75, 3.05) is 13.6 Å². The number of alkyl halides is 1. The first kappa shape index (κ1) is 12.3. The molecule has 0 N–H and O–H groups in total. The van der Waals surface area contributed by atoms with Crippen LogP contribution in [0, 0.1) is 2.88 Å². The van der Waals surface area contributed by atoms with Gasteiger partial charge in [0.05, 0.1) is 8.45 Å². The summed E-state index contributed by atoms with van der Waals surface area (Å²) >= 11 is 9.60. The maximum absolute atomic E-state index is 11.8. The summed E-state index contributed by atoms with van der Waals surface area (Å²) < 4.78 is 1.12. The van der Waals surface area contributed by atoms with Crippen molar-refractivity contribution < 1.29 is 4.79 Å². The summed E-state index contributed by atoms with van der Waals surface area (Å²) in [7, 11) is 1.77. The van der Waals surface area contributed by atoms with Crippen LogP contribution in [0.3, 0.4) is 0 Å². The summed E-state index contributed by atoms with van der Waals surface area (Å²) in [6, 6.07) is 1.89. The number of thiophene rings is 1. The van der Waals surface area contributed by atoms with E-state index in [1.807, 2.05) is 18.4 Å². The van der Waals surface area contributed by atoms with E-state index in [0.29, 0.717) is 6.54 Å². The second-order valence-electron chi connectivity index (χ2n) is 3.11. The molecule has 0 saturated carbocycles. The summed E-state index contributed by atoms with van der Waals surface area (Å²) in [6.45, 7) is 2.45. The minimum Gasteiger partial charge on any atom is -0.340 e. The van der Waals surface area contributed by atoms with Gasteiger partial charge in [-0.2, -0.15) is 0 Å². The maximum atomic E-state index is 11.8. The van der Waals surface area contributed by atoms with Crippen molar-refractivity contribution in [3.63, 3.8) is 0 Å². The normalized spacial score (nSPS) is 12.6. The Morgan fingerprint density at radius 3 is 2.86 bits per heavy atom. The average molecular weight is 344 g/mol. The van der Waals surface area contributed by atoms with Crippen LogP contribution < -0.4 is 0 Å². The van der Waals surface area contributed by atoms with Crippen molar-refractivity contribution in [3.8, 4) is 0 Å². The lowest BCUT2D eigenvalue weighted by Crippen LogP contribution is -2.31. The number of carbonyl (C=O) groups excluding carboxylic acids is 1. The summed E-state index contributed by atoms with van der Waals surface area (Å²) in [4.78, 5) is 13.4. The third kappa shape index (κ3) is 3.40. The number of hydrogen-bond acceptors (Lipinski definition) is 2. The highest BCUT2D eigenvalue weighted by molar-refractivity contribution is 14.1. The first-order chi connectivity index (χ1) is 6.50. The maximum Gasteiger partial charge on any atom is 0.254 e. The van der Waals surface area contributed by atoms with Crippen molar-refractivity contribution in [1.82, 2.24) is 4.90 Å². The van der Waals surface area contributed by atoms with Crippen LogP contribution in [0.15, 0.2) is 11.4 Å². The molecule has 1 amide bonds. The van der Waals surface area contributed by atoms with Gasteiger partial charge >= 0.3 is 0 Å². The molecule has 5 heteroatoms. The summed E-state index contributed by atoms with van der Waals surface area (Å²) in [5.41, 5.74) is 0.749. The molecule has 0 radical (unpaired) electrons. The molecule has 1 unspecified atom stereocenters. The van der Waals surface area contributed by atoms with Crippen molar-refractivity contribution in [1.29, 1.82) is 0 Å². The van der Waals surface area contributed by atoms with Gasteiger partial charge in [0.1, 0.15) is 0 Å². The first-order valence-corrected chi connectivity index (χ1v) is 6.53. The molecule has 0 aromatic carbocycles. The Morgan fingerprint density at radius 2 is 2.43 bits per heavy atom. The van der Waals surface area contributed by atoms with Crippen molar-refractivity contribution in [3.05, 3.63) is 19.9 Å². The summed E-state index contributed by atoms with van der Waals surface area (Å²) in [5, 5.41) is 1.86. The molecule has 0 saturated heterocycles. The van der Waals surface area contributed by atoms with E-state index in [4.69, 9.17) is 11.6 Å². The lowest BCUT2D eigenvalue weighted by molar-refractivity contribution is 0.0796. The Hall–Kier alpha value is 0.190. The van der Waals surface area contributed by atoms with Crippen LogP contribution in [0.25, 0.3) is 0 Å². The third-order valence-corrected chi connectivity index (χ3v) is 3.61. The first-order valence-electron chi connectivity index (χ1n) is 4.14. The highest BCUT2D eigenvalue weighted by Crippen LogP contribution is 2.17. The second kappa shape index (κ2) is 5.32. The quantitative estimate of drug-likeness (QED) is 0.610. The molecular weight excluding hydrogens is 333 g/mol. The minimum atomic E-state index is -0.0124. The second-order valence-corrected chi connectivity index (χ2v) is 6.66. The Morgan fingerprint density at radius 1 is 1.79 bits per heavy atom. The predicted molar refractivity (Wildman–Crippen MR) is 69.3 cm³/mol. The van der Waals surface area contributed by atoms with E-state index < -0.39 is 0 Å². The molecule has 0 aliphatic carbocycles. The van der Waals surface area contributed by atoms with Gasteiger partial charge in [0, 0.05) is 24.3 Å². The summed E-state index contributed by atoms with van der Waals surface area (Å²) in [5.74, 6) is 0.0386. The van der Waals surface area contributed by atoms with Crippen LogP contribution in [0.1, 0.15) is 17.3 Å². The Balaban J connectivity index is 2.65. The number of carbonyl (C=O) groups is 1. The van der Waals surface area contributed by atoms with Crippen LogP contribution in [-0.4, -0.2) is 29.8 Å². The van der Waals surface area contributed by atoms with E-state index in [1.165, 1.54) is 0 Å². The number of amides is 1. The topological polar surface area (TPSA) is 20.3 Å². The Kier molecular flexibility index (Phi) is 4.66. The van der Waals surface area contributed by atoms with Gasteiger partial charge < -0.3 is 4.90 Å². The molecule has 1 aromatic heterocycles. The fourth-order valence-electron chi connectivity index (χ4n) is 1.10. The van der Waals surface area contributed by atoms with E-state index in [2.05, 4.69) is 22.6 Å². The van der Waals surface area contributed by atoms with Crippen LogP contribution in [0.4, 0.5) is 0 Å². The van der Waals surface area contributed by atoms with Crippen LogP contribution in [0.5, 0.6) is 0 Å². The van der Waals surface area contributed by atoms with Crippen molar-refractivity contribution in [2.45, 2.75) is 12.3 Å². The molecule has 1 atom stereocenters. The molecule has 0 bridgehead atoms. The smallest absolute Gasteiger partial charge is 0.254 e. The van der Waals surface area contributed by atoms with E-state index in [9.17, 15) is 4.79 Å². The molecular formula is C9H11ClINOS. The van der Waals surface area contributed by atoms with Gasteiger partial charge in [0.15, 0.2) is 0 Å². The fraction of sp³-hybridized carbons (Fsp3) is 0.444. The fourth-order valence-corrected chi connectivity index (χ4v) is 2.63. The van der Waals surface area contributed by atoms with Crippen LogP contribution >= 0.6 is 45.5 Å². The molecule has 0 aliphatic rings. The zero-order valence-electron chi connectivity index (χ0n) is 7.96. The summed E-state index contributed by atoms with van der Waals surface area (Å²) in [6.07, 6.45) is 0. The largest absolute Gasteiger partial charge is 0.340 e. The molecule has 1 rings (SSSR count). The zero-order valence-corrected chi connectivity index (χ0v) is 11.7. The van der Waals surface area contributed by atoms with Gasteiger partial charge in [0.25, 0.3) is 5.91 Å². The van der Waals surface area contributed by atoms with Gasteiger partial charge in [-0.3, -0.25) is 4.79 Å². The van der Waals surface area contributed by atoms with Gasteiger partial charge in [0.2, 0.25) is 0 Å². The number of hydrogen-bond donors (Lipinski definition) is 0. The molecule has 0 aliphatic heterocycles. The third-order valence-electron chi connectivity index (χ3n) is 1.69. The molecule has 1 heterocycles. The molecule has 2 nitrogen and oxygen atoms in total. The lowest BCUT2D eigenvalue weighted by atomic mass is 10.3. The van der Waals surface area contributed by atoms with Gasteiger partial charge in [-0.1, -0.05) is 0 Å². The SMILES string of the molecule is CC(Cl)CN(C)C(=O)c1csc(I)c1. The zero-order chi connectivity index (χ0) is 10.7. The number of rotatable bonds is 3. The molecule has 0 fully saturated rings. The highest BCUT2D eigenvalue weighted by Gasteiger charge is 2.14. The van der Waals surface area contributed by atoms with Gasteiger partial charge in [-0.25, -0.2) is 0 Å². The lowest BCUT2D eigenvalue weighted by Gasteiger charge is -2.17. The number of nitrogens with zero attached hydrogens (tertiary/aromatic N) is 1. The van der Waals surface area contributed by atoms with E-state index in [-0.39, 0.29) is 11.3 Å². The van der Waals surface area contributed by atoms with Crippen molar-refractivity contribution in [2.24, 2.45) is 0 Å². The average Bonchev–Trinajstić information content (AvgIpc) is 2.49. The van der Waals surface area contributed by atoms with Crippen LogP contribution in [0.2, 0.25) is 0 Å². The van der Waals surface area contributed by atoms with Gasteiger partial charge in [-0.15, -0.1) is 22.9 Å². The van der Waals surface area contributed by atoms with Gasteiger partial charge in [-0.05, 0) is 35.6 Å². The van der Waals surface area contributed by atoms with Crippen molar-refractivity contribution >= 4 is 51.4 Å². The molecule has 0 spiro atoms. The Labute approximate surface area is 106 Å². The standard InChI is InChI=1S/C9H11ClINOS/c1-6(10)4-12(2)9(13)7-3-8(11)14-5-7/h3,5-6H,4H2,1-2H3. The molecule has 78 valence electrons. The van der Waals surface area contributed by atoms with E-state index >= 15 is 0 Å². The van der Waals surface area contributed by atoms with E-state index in [1.54, 1.807) is 23.3 Å². The predicted octanol–water partition coefficient (Wildman–Crippen LogP) is 3.05.